The summed E-state index contributed by atoms with van der Waals surface area (Å²) in [6.45, 7) is 7.37. The second-order valence-electron chi connectivity index (χ2n) is 9.80. The van der Waals surface area contributed by atoms with Crippen molar-refractivity contribution in [3.8, 4) is 0 Å². The summed E-state index contributed by atoms with van der Waals surface area (Å²) >= 11 is 0. The molecule has 1 amide bonds. The third-order valence-electron chi connectivity index (χ3n) is 7.19. The number of carbonyl (C=O) groups is 1. The van der Waals surface area contributed by atoms with Crippen LogP contribution in [0.3, 0.4) is 0 Å². The van der Waals surface area contributed by atoms with Gasteiger partial charge >= 0.3 is 0 Å². The smallest absolute Gasteiger partial charge is 0.220 e. The Kier molecular flexibility index (Phi) is 7.97. The van der Waals surface area contributed by atoms with Gasteiger partial charge in [-0.2, -0.15) is 0 Å². The van der Waals surface area contributed by atoms with Crippen molar-refractivity contribution in [1.29, 1.82) is 0 Å². The van der Waals surface area contributed by atoms with Gasteiger partial charge in [-0.05, 0) is 35.7 Å². The maximum absolute atomic E-state index is 15.1. The maximum Gasteiger partial charge on any atom is 0.220 e. The molecule has 1 aliphatic heterocycles. The number of fused-ring (bicyclic) bond motifs is 1. The monoisotopic (exact) mass is 499 g/mol. The highest BCUT2D eigenvalue weighted by Gasteiger charge is 2.25. The van der Waals surface area contributed by atoms with Crippen molar-refractivity contribution in [3.05, 3.63) is 107 Å². The molecule has 6 heteroatoms. The number of para-hydroxylation sites is 1. The topological polar surface area (TPSA) is 46.5 Å². The first kappa shape index (κ1) is 25.2. The Labute approximate surface area is 217 Å². The molecule has 0 unspecified atom stereocenters. The molecule has 1 aliphatic rings. The number of halogens is 1. The average molecular weight is 500 g/mol. The van der Waals surface area contributed by atoms with E-state index in [0.717, 1.165) is 49.3 Å². The fraction of sp³-hybridized carbons (Fsp3) is 0.323. The first-order chi connectivity index (χ1) is 18.1. The van der Waals surface area contributed by atoms with E-state index in [1.54, 1.807) is 12.1 Å². The lowest BCUT2D eigenvalue weighted by atomic mass is 9.87. The molecule has 5 rings (SSSR count). The molecule has 1 aromatic heterocycles. The molecule has 0 radical (unpaired) electrons. The maximum atomic E-state index is 15.1. The fourth-order valence-electron chi connectivity index (χ4n) is 5.15. The highest BCUT2D eigenvalue weighted by Crippen LogP contribution is 2.36. The number of benzene rings is 3. The molecule has 192 valence electrons. The molecule has 0 bridgehead atoms. The van der Waals surface area contributed by atoms with E-state index >= 15 is 4.39 Å². The number of aromatic nitrogens is 1. The second-order valence-corrected chi connectivity index (χ2v) is 9.80. The molecule has 37 heavy (non-hydrogen) atoms. The van der Waals surface area contributed by atoms with Gasteiger partial charge in [0.2, 0.25) is 5.91 Å². The quantitative estimate of drug-likeness (QED) is 0.348. The van der Waals surface area contributed by atoms with Gasteiger partial charge < -0.3 is 14.6 Å². The molecule has 2 heterocycles. The van der Waals surface area contributed by atoms with E-state index in [0.29, 0.717) is 18.7 Å². The number of nitrogens with zero attached hydrogens (tertiary/aromatic N) is 2. The van der Waals surface area contributed by atoms with Gasteiger partial charge in [-0.25, -0.2) is 4.39 Å². The van der Waals surface area contributed by atoms with Crippen molar-refractivity contribution in [1.82, 2.24) is 14.8 Å². The third kappa shape index (κ3) is 6.09. The van der Waals surface area contributed by atoms with Crippen molar-refractivity contribution in [3.63, 3.8) is 0 Å². The van der Waals surface area contributed by atoms with Crippen LogP contribution in [0, 0.1) is 12.7 Å². The number of nitrogens with one attached hydrogen (secondary N) is 1. The van der Waals surface area contributed by atoms with Crippen LogP contribution in [0.15, 0.2) is 79.0 Å². The van der Waals surface area contributed by atoms with Crippen molar-refractivity contribution >= 4 is 16.8 Å². The average Bonchev–Trinajstić information content (AvgIpc) is 3.28. The van der Waals surface area contributed by atoms with Crippen molar-refractivity contribution in [2.75, 3.05) is 39.4 Å². The van der Waals surface area contributed by atoms with E-state index in [1.807, 2.05) is 18.2 Å². The molecular formula is C31H34FN3O2. The van der Waals surface area contributed by atoms with Gasteiger partial charge in [0, 0.05) is 62.2 Å². The first-order valence-electron chi connectivity index (χ1n) is 13.0. The Morgan fingerprint density at radius 3 is 2.49 bits per heavy atom. The van der Waals surface area contributed by atoms with Crippen LogP contribution in [0.4, 0.5) is 4.39 Å². The van der Waals surface area contributed by atoms with E-state index < -0.39 is 5.92 Å². The van der Waals surface area contributed by atoms with Crippen molar-refractivity contribution in [2.24, 2.45) is 0 Å². The lowest BCUT2D eigenvalue weighted by Gasteiger charge is -2.26. The zero-order valence-electron chi connectivity index (χ0n) is 21.3. The molecule has 1 N–H and O–H groups in total. The minimum Gasteiger partial charge on any atom is -0.379 e. The Morgan fingerprint density at radius 2 is 1.70 bits per heavy atom. The molecule has 5 nitrogen and oxygen atoms in total. The van der Waals surface area contributed by atoms with Gasteiger partial charge in [-0.3, -0.25) is 9.69 Å². The molecule has 1 fully saturated rings. The number of morpholine rings is 1. The summed E-state index contributed by atoms with van der Waals surface area (Å²) in [6, 6.07) is 23.5. The predicted molar refractivity (Wildman–Crippen MR) is 145 cm³/mol. The Balaban J connectivity index is 1.42. The lowest BCUT2D eigenvalue weighted by Crippen LogP contribution is -2.41. The number of carbonyl (C=O) groups excluding carboxylic acids is 1. The summed E-state index contributed by atoms with van der Waals surface area (Å²) < 4.78 is 22.7. The largest absolute Gasteiger partial charge is 0.379 e. The van der Waals surface area contributed by atoms with E-state index in [9.17, 15) is 4.79 Å². The van der Waals surface area contributed by atoms with Gasteiger partial charge in [-0.15, -0.1) is 0 Å². The molecule has 3 aromatic carbocycles. The number of aryl methyl sites for hydroxylation is 1. The number of ether oxygens (including phenoxy) is 1. The van der Waals surface area contributed by atoms with E-state index in [-0.39, 0.29) is 18.1 Å². The minimum atomic E-state index is -0.395. The molecule has 0 aliphatic carbocycles. The summed E-state index contributed by atoms with van der Waals surface area (Å²) in [5.74, 6) is -0.755. The summed E-state index contributed by atoms with van der Waals surface area (Å²) in [5.41, 5.74) is 5.01. The summed E-state index contributed by atoms with van der Waals surface area (Å²) in [7, 11) is 0. The SMILES string of the molecule is Cc1ccc(Cn2cc([C@@H](CC(=O)NCCN3CCOCC3)c3ccccc3F)c3ccccc32)cc1. The second kappa shape index (κ2) is 11.7. The Bertz CT molecular complexity index is 1340. The van der Waals surface area contributed by atoms with Crippen LogP contribution in [0.5, 0.6) is 0 Å². The normalized spacial score (nSPS) is 15.1. The third-order valence-corrected chi connectivity index (χ3v) is 7.19. The van der Waals surface area contributed by atoms with Crippen LogP contribution >= 0.6 is 0 Å². The van der Waals surface area contributed by atoms with Crippen LogP contribution in [-0.2, 0) is 16.1 Å². The zero-order valence-corrected chi connectivity index (χ0v) is 21.3. The van der Waals surface area contributed by atoms with Crippen molar-refractivity contribution in [2.45, 2.75) is 25.8 Å². The van der Waals surface area contributed by atoms with Gasteiger partial charge in [0.25, 0.3) is 0 Å². The predicted octanol–water partition coefficient (Wildman–Crippen LogP) is 5.11. The molecule has 1 saturated heterocycles. The first-order valence-corrected chi connectivity index (χ1v) is 13.0. The highest BCUT2D eigenvalue weighted by molar-refractivity contribution is 5.86. The van der Waals surface area contributed by atoms with E-state index in [4.69, 9.17) is 4.74 Å². The fourth-order valence-corrected chi connectivity index (χ4v) is 5.15. The summed E-state index contributed by atoms with van der Waals surface area (Å²) in [6.07, 6.45) is 2.28. The highest BCUT2D eigenvalue weighted by atomic mass is 19.1. The van der Waals surface area contributed by atoms with E-state index in [2.05, 4.69) is 64.3 Å². The van der Waals surface area contributed by atoms with Crippen molar-refractivity contribution < 1.29 is 13.9 Å². The Morgan fingerprint density at radius 1 is 0.973 bits per heavy atom. The van der Waals surface area contributed by atoms with E-state index in [1.165, 1.54) is 17.2 Å². The van der Waals surface area contributed by atoms with Crippen LogP contribution in [0.25, 0.3) is 10.9 Å². The van der Waals surface area contributed by atoms with Gasteiger partial charge in [0.05, 0.1) is 13.2 Å². The van der Waals surface area contributed by atoms with Crippen LogP contribution in [0.2, 0.25) is 0 Å². The number of amides is 1. The number of hydrogen-bond acceptors (Lipinski definition) is 3. The Hall–Kier alpha value is -3.48. The molecule has 1 atom stereocenters. The van der Waals surface area contributed by atoms with Crippen LogP contribution in [0.1, 0.15) is 34.6 Å². The number of hydrogen-bond donors (Lipinski definition) is 1. The van der Waals surface area contributed by atoms with Gasteiger partial charge in [0.1, 0.15) is 5.82 Å². The molecule has 0 saturated carbocycles. The summed E-state index contributed by atoms with van der Waals surface area (Å²) in [5, 5.41) is 4.11. The van der Waals surface area contributed by atoms with Gasteiger partial charge in [-0.1, -0.05) is 66.2 Å². The molecular weight excluding hydrogens is 465 g/mol. The standard InChI is InChI=1S/C31H34FN3O2/c1-23-10-12-24(13-11-23)21-35-22-28(26-7-3-5-9-30(26)35)27(25-6-2-4-8-29(25)32)20-31(36)33-14-15-34-16-18-37-19-17-34/h2-13,22,27H,14-21H2,1H3,(H,33,36)/t27-/m0/s1. The van der Waals surface area contributed by atoms with Gasteiger partial charge in [0.15, 0.2) is 0 Å². The number of rotatable bonds is 9. The molecule has 0 spiro atoms. The minimum absolute atomic E-state index is 0.0723. The molecule has 4 aromatic rings. The summed E-state index contributed by atoms with van der Waals surface area (Å²) in [4.78, 5) is 15.4. The zero-order chi connectivity index (χ0) is 25.6. The van der Waals surface area contributed by atoms with Crippen LogP contribution in [-0.4, -0.2) is 54.8 Å². The lowest BCUT2D eigenvalue weighted by molar-refractivity contribution is -0.121. The van der Waals surface area contributed by atoms with Crippen LogP contribution < -0.4 is 5.32 Å².